The maximum atomic E-state index is 13.4. The summed E-state index contributed by atoms with van der Waals surface area (Å²) >= 11 is 0. The van der Waals surface area contributed by atoms with Gasteiger partial charge in [-0.2, -0.15) is 0 Å². The summed E-state index contributed by atoms with van der Waals surface area (Å²) in [5.41, 5.74) is 6.13. The SMILES string of the molecule is COC1CCCN(C(=O)c2ccc(F)cc2C#CCN)C1. The molecule has 0 radical (unpaired) electrons. The van der Waals surface area contributed by atoms with Crippen molar-refractivity contribution in [3.63, 3.8) is 0 Å². The number of hydrogen-bond acceptors (Lipinski definition) is 3. The molecule has 1 aliphatic rings. The van der Waals surface area contributed by atoms with Gasteiger partial charge in [-0.15, -0.1) is 0 Å². The summed E-state index contributed by atoms with van der Waals surface area (Å²) in [6, 6.07) is 4.03. The van der Waals surface area contributed by atoms with E-state index in [1.54, 1.807) is 12.0 Å². The van der Waals surface area contributed by atoms with Crippen LogP contribution < -0.4 is 5.73 Å². The summed E-state index contributed by atoms with van der Waals surface area (Å²) in [7, 11) is 1.65. The standard InChI is InChI=1S/C16H19FN2O2/c1-21-14-5-3-9-19(11-14)16(20)15-7-6-13(17)10-12(15)4-2-8-18/h6-7,10,14H,3,5,8-9,11,18H2,1H3. The van der Waals surface area contributed by atoms with Gasteiger partial charge >= 0.3 is 0 Å². The summed E-state index contributed by atoms with van der Waals surface area (Å²) in [6.07, 6.45) is 1.90. The van der Waals surface area contributed by atoms with Crippen LogP contribution in [-0.2, 0) is 4.74 Å². The molecule has 1 aliphatic heterocycles. The Balaban J connectivity index is 2.26. The Labute approximate surface area is 124 Å². The zero-order chi connectivity index (χ0) is 15.2. The molecule has 1 atom stereocenters. The lowest BCUT2D eigenvalue weighted by Crippen LogP contribution is -2.43. The van der Waals surface area contributed by atoms with Gasteiger partial charge < -0.3 is 15.4 Å². The van der Waals surface area contributed by atoms with Gasteiger partial charge in [0.2, 0.25) is 0 Å². The fourth-order valence-electron chi connectivity index (χ4n) is 2.44. The second-order valence-corrected chi connectivity index (χ2v) is 4.95. The van der Waals surface area contributed by atoms with Crippen molar-refractivity contribution in [3.05, 3.63) is 35.1 Å². The molecule has 0 spiro atoms. The molecule has 1 unspecified atom stereocenters. The van der Waals surface area contributed by atoms with Crippen LogP contribution in [0.1, 0.15) is 28.8 Å². The fourth-order valence-corrected chi connectivity index (χ4v) is 2.44. The van der Waals surface area contributed by atoms with Crippen molar-refractivity contribution in [1.82, 2.24) is 4.90 Å². The van der Waals surface area contributed by atoms with E-state index < -0.39 is 5.82 Å². The van der Waals surface area contributed by atoms with Gasteiger partial charge in [0.25, 0.3) is 5.91 Å². The quantitative estimate of drug-likeness (QED) is 0.837. The zero-order valence-corrected chi connectivity index (χ0v) is 12.1. The lowest BCUT2D eigenvalue weighted by atomic mass is 10.0. The highest BCUT2D eigenvalue weighted by Gasteiger charge is 2.25. The molecular formula is C16H19FN2O2. The minimum Gasteiger partial charge on any atom is -0.380 e. The number of halogens is 1. The Morgan fingerprint density at radius 2 is 2.38 bits per heavy atom. The predicted octanol–water partition coefficient (Wildman–Crippen LogP) is 1.39. The molecule has 1 fully saturated rings. The molecule has 0 saturated carbocycles. The first kappa shape index (κ1) is 15.5. The van der Waals surface area contributed by atoms with Crippen molar-refractivity contribution in [3.8, 4) is 11.8 Å². The van der Waals surface area contributed by atoms with Crippen LogP contribution in [0.3, 0.4) is 0 Å². The highest BCUT2D eigenvalue weighted by atomic mass is 19.1. The van der Waals surface area contributed by atoms with Crippen LogP contribution in [0.4, 0.5) is 4.39 Å². The number of nitrogens with two attached hydrogens (primary N) is 1. The van der Waals surface area contributed by atoms with Gasteiger partial charge in [-0.25, -0.2) is 4.39 Å². The third-order valence-electron chi connectivity index (χ3n) is 3.54. The van der Waals surface area contributed by atoms with Gasteiger partial charge in [0.15, 0.2) is 0 Å². The van der Waals surface area contributed by atoms with Gasteiger partial charge in [-0.1, -0.05) is 11.8 Å². The minimum atomic E-state index is -0.415. The van der Waals surface area contributed by atoms with E-state index in [-0.39, 0.29) is 18.6 Å². The molecule has 5 heteroatoms. The first-order valence-electron chi connectivity index (χ1n) is 6.96. The first-order valence-corrected chi connectivity index (χ1v) is 6.96. The van der Waals surface area contributed by atoms with Crippen LogP contribution >= 0.6 is 0 Å². The number of carbonyl (C=O) groups is 1. The molecule has 2 N–H and O–H groups in total. The molecule has 0 bridgehead atoms. The van der Waals surface area contributed by atoms with Crippen molar-refractivity contribution < 1.29 is 13.9 Å². The van der Waals surface area contributed by atoms with E-state index in [0.717, 1.165) is 12.8 Å². The van der Waals surface area contributed by atoms with E-state index in [2.05, 4.69) is 11.8 Å². The van der Waals surface area contributed by atoms with Gasteiger partial charge in [-0.05, 0) is 31.0 Å². The Bertz CT molecular complexity index is 577. The Morgan fingerprint density at radius 3 is 3.10 bits per heavy atom. The molecule has 4 nitrogen and oxygen atoms in total. The van der Waals surface area contributed by atoms with Crippen molar-refractivity contribution in [2.75, 3.05) is 26.7 Å². The lowest BCUT2D eigenvalue weighted by molar-refractivity contribution is 0.0268. The molecule has 0 aromatic heterocycles. The molecule has 1 aromatic rings. The largest absolute Gasteiger partial charge is 0.380 e. The summed E-state index contributed by atoms with van der Waals surface area (Å²) < 4.78 is 18.7. The predicted molar refractivity (Wildman–Crippen MR) is 78.3 cm³/mol. The van der Waals surface area contributed by atoms with Crippen molar-refractivity contribution in [1.29, 1.82) is 0 Å². The number of hydrogen-bond donors (Lipinski definition) is 1. The Kier molecular flexibility index (Phi) is 5.32. The maximum Gasteiger partial charge on any atom is 0.255 e. The van der Waals surface area contributed by atoms with Crippen LogP contribution in [0.2, 0.25) is 0 Å². The smallest absolute Gasteiger partial charge is 0.255 e. The average Bonchev–Trinajstić information content (AvgIpc) is 2.52. The lowest BCUT2D eigenvalue weighted by Gasteiger charge is -2.32. The number of nitrogens with zero attached hydrogens (tertiary/aromatic N) is 1. The molecule has 2 rings (SSSR count). The van der Waals surface area contributed by atoms with E-state index in [1.807, 2.05) is 0 Å². The molecule has 112 valence electrons. The zero-order valence-electron chi connectivity index (χ0n) is 12.1. The van der Waals surface area contributed by atoms with Crippen molar-refractivity contribution >= 4 is 5.91 Å². The van der Waals surface area contributed by atoms with Crippen LogP contribution in [0.25, 0.3) is 0 Å². The van der Waals surface area contributed by atoms with Crippen molar-refractivity contribution in [2.24, 2.45) is 5.73 Å². The third kappa shape index (κ3) is 3.81. The van der Waals surface area contributed by atoms with E-state index in [1.165, 1.54) is 18.2 Å². The second-order valence-electron chi connectivity index (χ2n) is 4.95. The van der Waals surface area contributed by atoms with Gasteiger partial charge in [0.1, 0.15) is 5.82 Å². The molecule has 1 heterocycles. The van der Waals surface area contributed by atoms with Gasteiger partial charge in [-0.3, -0.25) is 4.79 Å². The van der Waals surface area contributed by atoms with E-state index in [0.29, 0.717) is 24.2 Å². The highest BCUT2D eigenvalue weighted by Crippen LogP contribution is 2.18. The molecule has 1 saturated heterocycles. The number of ether oxygens (including phenoxy) is 1. The topological polar surface area (TPSA) is 55.6 Å². The first-order chi connectivity index (χ1) is 10.2. The second kappa shape index (κ2) is 7.21. The summed E-state index contributed by atoms with van der Waals surface area (Å²) in [4.78, 5) is 14.3. The highest BCUT2D eigenvalue weighted by molar-refractivity contribution is 5.96. The Hall–Kier alpha value is -1.90. The van der Waals surface area contributed by atoms with E-state index >= 15 is 0 Å². The van der Waals surface area contributed by atoms with Crippen LogP contribution in [0.5, 0.6) is 0 Å². The third-order valence-corrected chi connectivity index (χ3v) is 3.54. The van der Waals surface area contributed by atoms with Crippen LogP contribution in [0, 0.1) is 17.7 Å². The molecular weight excluding hydrogens is 271 g/mol. The summed E-state index contributed by atoms with van der Waals surface area (Å²) in [6.45, 7) is 1.40. The summed E-state index contributed by atoms with van der Waals surface area (Å²) in [5, 5.41) is 0. The average molecular weight is 290 g/mol. The maximum absolute atomic E-state index is 13.4. The van der Waals surface area contributed by atoms with Gasteiger partial charge in [0.05, 0.1) is 18.2 Å². The minimum absolute atomic E-state index is 0.0572. The Morgan fingerprint density at radius 1 is 1.57 bits per heavy atom. The number of amides is 1. The molecule has 1 aromatic carbocycles. The normalized spacial score (nSPS) is 18.0. The number of methoxy groups -OCH3 is 1. The number of rotatable bonds is 2. The molecule has 21 heavy (non-hydrogen) atoms. The summed E-state index contributed by atoms with van der Waals surface area (Å²) in [5.74, 6) is 4.87. The van der Waals surface area contributed by atoms with E-state index in [4.69, 9.17) is 10.5 Å². The van der Waals surface area contributed by atoms with Crippen LogP contribution in [-0.4, -0.2) is 43.7 Å². The number of carbonyl (C=O) groups excluding carboxylic acids is 1. The van der Waals surface area contributed by atoms with E-state index in [9.17, 15) is 9.18 Å². The van der Waals surface area contributed by atoms with Gasteiger partial charge in [0, 0.05) is 25.8 Å². The van der Waals surface area contributed by atoms with Crippen LogP contribution in [0.15, 0.2) is 18.2 Å². The number of benzene rings is 1. The molecule has 0 aliphatic carbocycles. The monoisotopic (exact) mass is 290 g/mol. The number of piperidine rings is 1. The fraction of sp³-hybridized carbons (Fsp3) is 0.438. The molecule has 1 amide bonds. The number of likely N-dealkylation sites (tertiary alicyclic amines) is 1. The van der Waals surface area contributed by atoms with Crippen molar-refractivity contribution in [2.45, 2.75) is 18.9 Å².